The molecule has 1 aliphatic heterocycles. The van der Waals surface area contributed by atoms with E-state index in [-0.39, 0.29) is 17.9 Å². The van der Waals surface area contributed by atoms with Crippen LogP contribution < -0.4 is 5.32 Å². The molecule has 1 fully saturated rings. The maximum absolute atomic E-state index is 12.6. The van der Waals surface area contributed by atoms with Crippen molar-refractivity contribution in [3.63, 3.8) is 0 Å². The second kappa shape index (κ2) is 7.12. The van der Waals surface area contributed by atoms with Gasteiger partial charge >= 0.3 is 0 Å². The van der Waals surface area contributed by atoms with E-state index >= 15 is 0 Å². The van der Waals surface area contributed by atoms with Crippen molar-refractivity contribution in [2.24, 2.45) is 0 Å². The molecule has 0 saturated carbocycles. The first kappa shape index (κ1) is 16.5. The molecule has 1 N–H and O–H groups in total. The lowest BCUT2D eigenvalue weighted by molar-refractivity contribution is 0.0727. The maximum atomic E-state index is 12.6. The number of amides is 2. The molecule has 3 aromatic rings. The van der Waals surface area contributed by atoms with E-state index in [4.69, 9.17) is 9.05 Å². The second-order valence-electron chi connectivity index (χ2n) is 5.92. The Labute approximate surface area is 152 Å². The zero-order chi connectivity index (χ0) is 17.9. The van der Waals surface area contributed by atoms with Gasteiger partial charge in [-0.05, 0) is 25.0 Å². The van der Waals surface area contributed by atoms with Crippen LogP contribution >= 0.6 is 11.3 Å². The summed E-state index contributed by atoms with van der Waals surface area (Å²) in [6, 6.07) is 6.92. The Balaban J connectivity index is 1.44. The van der Waals surface area contributed by atoms with Crippen molar-refractivity contribution in [2.45, 2.75) is 25.4 Å². The minimum absolute atomic E-state index is 0.0405. The predicted octanol–water partition coefficient (Wildman–Crippen LogP) is 2.63. The van der Waals surface area contributed by atoms with Crippen LogP contribution in [-0.4, -0.2) is 33.6 Å². The normalized spacial score (nSPS) is 16.8. The number of carbonyl (C=O) groups excluding carboxylic acids is 2. The highest BCUT2D eigenvalue weighted by Crippen LogP contribution is 2.36. The first-order valence-corrected chi connectivity index (χ1v) is 9.02. The van der Waals surface area contributed by atoms with E-state index in [0.29, 0.717) is 29.4 Å². The molecule has 134 valence electrons. The Morgan fingerprint density at radius 3 is 2.81 bits per heavy atom. The number of thiophene rings is 1. The summed E-state index contributed by atoms with van der Waals surface area (Å²) in [5.74, 6) is -0.316. The summed E-state index contributed by atoms with van der Waals surface area (Å²) in [6.07, 6.45) is 4.63. The van der Waals surface area contributed by atoms with Gasteiger partial charge in [0, 0.05) is 23.6 Å². The van der Waals surface area contributed by atoms with E-state index in [9.17, 15) is 9.59 Å². The van der Waals surface area contributed by atoms with Gasteiger partial charge in [-0.3, -0.25) is 9.59 Å². The number of nitrogens with zero attached hydrogens (tertiary/aromatic N) is 3. The Morgan fingerprint density at radius 1 is 1.19 bits per heavy atom. The molecule has 1 aliphatic rings. The summed E-state index contributed by atoms with van der Waals surface area (Å²) in [4.78, 5) is 28.3. The van der Waals surface area contributed by atoms with Gasteiger partial charge in [0.2, 0.25) is 0 Å². The molecule has 3 aromatic heterocycles. The summed E-state index contributed by atoms with van der Waals surface area (Å²) in [5, 5.41) is 10.3. The van der Waals surface area contributed by atoms with Crippen molar-refractivity contribution in [1.82, 2.24) is 20.5 Å². The molecule has 26 heavy (non-hydrogen) atoms. The molecule has 4 rings (SSSR count). The number of likely N-dealkylation sites (tertiary alicyclic amines) is 1. The number of rotatable bonds is 5. The molecule has 2 amide bonds. The van der Waals surface area contributed by atoms with Crippen molar-refractivity contribution in [3.05, 3.63) is 57.9 Å². The highest BCUT2D eigenvalue weighted by atomic mass is 32.1. The van der Waals surface area contributed by atoms with Crippen molar-refractivity contribution in [1.29, 1.82) is 0 Å². The molecule has 8 nitrogen and oxygen atoms in total. The zero-order valence-corrected chi connectivity index (χ0v) is 14.6. The van der Waals surface area contributed by atoms with Crippen LogP contribution in [0.25, 0.3) is 0 Å². The average Bonchev–Trinajstić information content (AvgIpc) is 3.45. The van der Waals surface area contributed by atoms with E-state index in [2.05, 4.69) is 15.6 Å². The maximum Gasteiger partial charge on any atom is 0.276 e. The number of hydrogen-bond donors (Lipinski definition) is 1. The van der Waals surface area contributed by atoms with Crippen molar-refractivity contribution >= 4 is 23.2 Å². The van der Waals surface area contributed by atoms with E-state index in [1.54, 1.807) is 23.1 Å². The second-order valence-corrected chi connectivity index (χ2v) is 7.03. The molecular formula is C17H16N4O4S. The Morgan fingerprint density at radius 2 is 2.04 bits per heavy atom. The van der Waals surface area contributed by atoms with E-state index in [1.165, 1.54) is 23.9 Å². The molecular weight excluding hydrogens is 356 g/mol. The molecule has 0 aliphatic carbocycles. The lowest BCUT2D eigenvalue weighted by atomic mass is 10.2. The number of nitrogens with one attached hydrogen (secondary N) is 1. The minimum atomic E-state index is -0.170. The Bertz CT molecular complexity index is 888. The average molecular weight is 372 g/mol. The summed E-state index contributed by atoms with van der Waals surface area (Å²) in [7, 11) is 0. The fraction of sp³-hybridized carbons (Fsp3) is 0.294. The van der Waals surface area contributed by atoms with E-state index in [0.717, 1.165) is 17.7 Å². The van der Waals surface area contributed by atoms with Gasteiger partial charge in [-0.25, -0.2) is 0 Å². The van der Waals surface area contributed by atoms with Crippen LogP contribution in [0.1, 0.15) is 49.6 Å². The highest BCUT2D eigenvalue weighted by Gasteiger charge is 2.33. The largest absolute Gasteiger partial charge is 0.364 e. The quantitative estimate of drug-likeness (QED) is 0.739. The number of carbonyl (C=O) groups is 2. The number of hydrogen-bond acceptors (Lipinski definition) is 7. The summed E-state index contributed by atoms with van der Waals surface area (Å²) < 4.78 is 9.51. The van der Waals surface area contributed by atoms with Crippen LogP contribution in [0.4, 0.5) is 0 Å². The summed E-state index contributed by atoms with van der Waals surface area (Å²) >= 11 is 1.40. The molecule has 0 spiro atoms. The minimum Gasteiger partial charge on any atom is -0.364 e. The molecule has 0 aromatic carbocycles. The van der Waals surface area contributed by atoms with Crippen molar-refractivity contribution < 1.29 is 18.6 Å². The molecule has 0 unspecified atom stereocenters. The number of aromatic nitrogens is 2. The first-order chi connectivity index (χ1) is 12.7. The van der Waals surface area contributed by atoms with Crippen LogP contribution in [0.5, 0.6) is 0 Å². The summed E-state index contributed by atoms with van der Waals surface area (Å²) in [6.45, 7) is 0.977. The fourth-order valence-electron chi connectivity index (χ4n) is 3.02. The van der Waals surface area contributed by atoms with Gasteiger partial charge in [0.25, 0.3) is 11.8 Å². The monoisotopic (exact) mass is 372 g/mol. The smallest absolute Gasteiger partial charge is 0.276 e. The lowest BCUT2D eigenvalue weighted by Crippen LogP contribution is -2.30. The SMILES string of the molecule is O=C(NCc1ccon1)c1ccc([C@H]2CCCN2C(=O)c2ccon2)s1. The van der Waals surface area contributed by atoms with Crippen LogP contribution in [0, 0.1) is 0 Å². The van der Waals surface area contributed by atoms with Crippen LogP contribution in [-0.2, 0) is 6.54 Å². The Hall–Kier alpha value is -2.94. The third kappa shape index (κ3) is 3.25. The van der Waals surface area contributed by atoms with E-state index in [1.807, 2.05) is 6.07 Å². The standard InChI is InChI=1S/C17H16N4O4S/c22-16(18-10-11-5-8-24-19-11)15-4-3-14(26-15)13-2-1-7-21(13)17(23)12-6-9-25-20-12/h3-6,8-9,13H,1-2,7,10H2,(H,18,22)/t13-/m1/s1. The van der Waals surface area contributed by atoms with Crippen LogP contribution in [0.2, 0.25) is 0 Å². The molecule has 9 heteroatoms. The van der Waals surface area contributed by atoms with Gasteiger partial charge < -0.3 is 19.3 Å². The topological polar surface area (TPSA) is 101 Å². The lowest BCUT2D eigenvalue weighted by Gasteiger charge is -2.22. The summed E-state index contributed by atoms with van der Waals surface area (Å²) in [5.41, 5.74) is 0.967. The van der Waals surface area contributed by atoms with Crippen molar-refractivity contribution in [3.8, 4) is 0 Å². The highest BCUT2D eigenvalue weighted by molar-refractivity contribution is 7.14. The molecule has 1 atom stereocenters. The Kier molecular flexibility index (Phi) is 4.53. The molecule has 1 saturated heterocycles. The zero-order valence-electron chi connectivity index (χ0n) is 13.8. The fourth-order valence-corrected chi connectivity index (χ4v) is 4.09. The van der Waals surface area contributed by atoms with E-state index < -0.39 is 0 Å². The first-order valence-electron chi connectivity index (χ1n) is 8.21. The third-order valence-electron chi connectivity index (χ3n) is 4.27. The van der Waals surface area contributed by atoms with Gasteiger partial charge in [0.05, 0.1) is 17.5 Å². The predicted molar refractivity (Wildman–Crippen MR) is 91.5 cm³/mol. The molecule has 4 heterocycles. The van der Waals surface area contributed by atoms with Crippen molar-refractivity contribution in [2.75, 3.05) is 6.54 Å². The van der Waals surface area contributed by atoms with Gasteiger partial charge in [0.1, 0.15) is 18.2 Å². The van der Waals surface area contributed by atoms with Crippen LogP contribution in [0.15, 0.2) is 45.8 Å². The van der Waals surface area contributed by atoms with Gasteiger partial charge in [-0.1, -0.05) is 10.3 Å². The van der Waals surface area contributed by atoms with Crippen LogP contribution in [0.3, 0.4) is 0 Å². The van der Waals surface area contributed by atoms with Gasteiger partial charge in [-0.15, -0.1) is 11.3 Å². The third-order valence-corrected chi connectivity index (χ3v) is 5.46. The van der Waals surface area contributed by atoms with Gasteiger partial charge in [0.15, 0.2) is 5.69 Å². The molecule has 0 radical (unpaired) electrons. The van der Waals surface area contributed by atoms with Gasteiger partial charge in [-0.2, -0.15) is 0 Å². The molecule has 0 bridgehead atoms.